The van der Waals surface area contributed by atoms with Crippen LogP contribution in [0.25, 0.3) is 0 Å². The summed E-state index contributed by atoms with van der Waals surface area (Å²) in [5.74, 6) is 0.838. The molecule has 16 heavy (non-hydrogen) atoms. The highest BCUT2D eigenvalue weighted by Crippen LogP contribution is 2.16. The first-order valence-corrected chi connectivity index (χ1v) is 5.72. The van der Waals surface area contributed by atoms with Gasteiger partial charge in [0.1, 0.15) is 11.9 Å². The molecule has 1 unspecified atom stereocenters. The quantitative estimate of drug-likeness (QED) is 0.746. The Morgan fingerprint density at radius 3 is 2.62 bits per heavy atom. The molecule has 0 aliphatic rings. The van der Waals surface area contributed by atoms with Crippen LogP contribution in [0.1, 0.15) is 6.92 Å². The molecule has 0 saturated carbocycles. The summed E-state index contributed by atoms with van der Waals surface area (Å²) in [6, 6.07) is 7.38. The van der Waals surface area contributed by atoms with Gasteiger partial charge in [0.05, 0.1) is 6.61 Å². The minimum atomic E-state index is 0.123. The Morgan fingerprint density at radius 1 is 1.31 bits per heavy atom. The number of rotatable bonds is 7. The third-order valence-electron chi connectivity index (χ3n) is 2.07. The van der Waals surface area contributed by atoms with Gasteiger partial charge in [-0.25, -0.2) is 0 Å². The predicted molar refractivity (Wildman–Crippen MR) is 66.3 cm³/mol. The number of nitrogens with one attached hydrogen (secondary N) is 1. The second-order valence-electron chi connectivity index (χ2n) is 3.58. The highest BCUT2D eigenvalue weighted by Gasteiger charge is 2.02. The van der Waals surface area contributed by atoms with Crippen LogP contribution >= 0.6 is 11.6 Å². The molecule has 0 saturated heterocycles. The van der Waals surface area contributed by atoms with Gasteiger partial charge in [0.25, 0.3) is 0 Å². The lowest BCUT2D eigenvalue weighted by Crippen LogP contribution is -2.31. The summed E-state index contributed by atoms with van der Waals surface area (Å²) in [7, 11) is 1.69. The van der Waals surface area contributed by atoms with E-state index in [1.54, 1.807) is 7.11 Å². The Balaban J connectivity index is 2.23. The van der Waals surface area contributed by atoms with E-state index in [1.807, 2.05) is 31.2 Å². The molecule has 0 heterocycles. The number of halogens is 1. The normalized spacial score (nSPS) is 12.4. The number of methoxy groups -OCH3 is 1. The molecule has 0 amide bonds. The van der Waals surface area contributed by atoms with Gasteiger partial charge in [0, 0.05) is 25.2 Å². The summed E-state index contributed by atoms with van der Waals surface area (Å²) in [5.41, 5.74) is 0. The minimum Gasteiger partial charge on any atom is -0.489 e. The summed E-state index contributed by atoms with van der Waals surface area (Å²) in [6.45, 7) is 4.37. The van der Waals surface area contributed by atoms with E-state index in [0.717, 1.165) is 23.9 Å². The largest absolute Gasteiger partial charge is 0.489 e. The van der Waals surface area contributed by atoms with E-state index < -0.39 is 0 Å². The van der Waals surface area contributed by atoms with Crippen molar-refractivity contribution >= 4 is 11.6 Å². The average molecular weight is 244 g/mol. The van der Waals surface area contributed by atoms with E-state index in [4.69, 9.17) is 21.1 Å². The monoisotopic (exact) mass is 243 g/mol. The fourth-order valence-electron chi connectivity index (χ4n) is 1.27. The number of hydrogen-bond donors (Lipinski definition) is 1. The summed E-state index contributed by atoms with van der Waals surface area (Å²) < 4.78 is 10.6. The highest BCUT2D eigenvalue weighted by molar-refractivity contribution is 6.30. The first-order chi connectivity index (χ1) is 7.72. The molecule has 1 atom stereocenters. The molecule has 90 valence electrons. The Morgan fingerprint density at radius 2 is 2.00 bits per heavy atom. The van der Waals surface area contributed by atoms with Crippen LogP contribution in [0, 0.1) is 0 Å². The molecule has 0 aromatic heterocycles. The fourth-order valence-corrected chi connectivity index (χ4v) is 1.39. The van der Waals surface area contributed by atoms with E-state index in [0.29, 0.717) is 6.61 Å². The molecule has 0 radical (unpaired) electrons. The van der Waals surface area contributed by atoms with E-state index in [9.17, 15) is 0 Å². The van der Waals surface area contributed by atoms with Crippen LogP contribution in [0.3, 0.4) is 0 Å². The van der Waals surface area contributed by atoms with Crippen LogP contribution in [0.15, 0.2) is 24.3 Å². The molecular formula is C12H18ClNO2. The van der Waals surface area contributed by atoms with Crippen molar-refractivity contribution in [1.29, 1.82) is 0 Å². The third kappa shape index (κ3) is 5.35. The maximum atomic E-state index is 5.78. The molecule has 0 spiro atoms. The van der Waals surface area contributed by atoms with E-state index in [1.165, 1.54) is 0 Å². The topological polar surface area (TPSA) is 30.5 Å². The van der Waals surface area contributed by atoms with Gasteiger partial charge < -0.3 is 14.8 Å². The maximum Gasteiger partial charge on any atom is 0.119 e. The van der Waals surface area contributed by atoms with Crippen molar-refractivity contribution in [1.82, 2.24) is 5.32 Å². The van der Waals surface area contributed by atoms with Gasteiger partial charge in [-0.1, -0.05) is 11.6 Å². The first kappa shape index (κ1) is 13.3. The van der Waals surface area contributed by atoms with Gasteiger partial charge >= 0.3 is 0 Å². The number of benzene rings is 1. The van der Waals surface area contributed by atoms with E-state index in [2.05, 4.69) is 5.32 Å². The SMILES string of the molecule is COCCNCC(C)Oc1ccc(Cl)cc1. The average Bonchev–Trinajstić information content (AvgIpc) is 2.28. The standard InChI is InChI=1S/C12H18ClNO2/c1-10(9-14-7-8-15-2)16-12-5-3-11(13)4-6-12/h3-6,10,14H,7-9H2,1-2H3. The van der Waals surface area contributed by atoms with Gasteiger partial charge in [-0.3, -0.25) is 0 Å². The van der Waals surface area contributed by atoms with Gasteiger partial charge in [0.2, 0.25) is 0 Å². The minimum absolute atomic E-state index is 0.123. The lowest BCUT2D eigenvalue weighted by Gasteiger charge is -2.15. The molecule has 0 fully saturated rings. The second kappa shape index (κ2) is 7.49. The smallest absolute Gasteiger partial charge is 0.119 e. The predicted octanol–water partition coefficient (Wildman–Crippen LogP) is 2.34. The maximum absolute atomic E-state index is 5.78. The molecule has 1 aromatic rings. The van der Waals surface area contributed by atoms with Crippen molar-refractivity contribution in [3.63, 3.8) is 0 Å². The van der Waals surface area contributed by atoms with Crippen molar-refractivity contribution in [2.45, 2.75) is 13.0 Å². The number of hydrogen-bond acceptors (Lipinski definition) is 3. The summed E-state index contributed by atoms with van der Waals surface area (Å²) in [5, 5.41) is 3.96. The molecule has 1 N–H and O–H groups in total. The lowest BCUT2D eigenvalue weighted by atomic mass is 10.3. The molecule has 3 nitrogen and oxygen atoms in total. The van der Waals surface area contributed by atoms with Crippen molar-refractivity contribution in [2.24, 2.45) is 0 Å². The summed E-state index contributed by atoms with van der Waals surface area (Å²) in [6.07, 6.45) is 0.123. The molecule has 0 aliphatic heterocycles. The fraction of sp³-hybridized carbons (Fsp3) is 0.500. The van der Waals surface area contributed by atoms with Crippen molar-refractivity contribution in [3.8, 4) is 5.75 Å². The van der Waals surface area contributed by atoms with Crippen LogP contribution < -0.4 is 10.1 Å². The van der Waals surface area contributed by atoms with Crippen LogP contribution in [-0.4, -0.2) is 32.9 Å². The molecule has 1 aromatic carbocycles. The number of ether oxygens (including phenoxy) is 2. The molecule has 0 bridgehead atoms. The van der Waals surface area contributed by atoms with Crippen LogP contribution in [0.4, 0.5) is 0 Å². The summed E-state index contributed by atoms with van der Waals surface area (Å²) >= 11 is 5.78. The molecule has 4 heteroatoms. The summed E-state index contributed by atoms with van der Waals surface area (Å²) in [4.78, 5) is 0. The van der Waals surface area contributed by atoms with Crippen molar-refractivity contribution in [2.75, 3.05) is 26.8 Å². The lowest BCUT2D eigenvalue weighted by molar-refractivity contribution is 0.184. The Hall–Kier alpha value is -0.770. The van der Waals surface area contributed by atoms with Crippen molar-refractivity contribution in [3.05, 3.63) is 29.3 Å². The molecule has 0 aliphatic carbocycles. The zero-order valence-corrected chi connectivity index (χ0v) is 10.5. The zero-order valence-electron chi connectivity index (χ0n) is 9.70. The van der Waals surface area contributed by atoms with Gasteiger partial charge in [-0.15, -0.1) is 0 Å². The van der Waals surface area contributed by atoms with Crippen LogP contribution in [-0.2, 0) is 4.74 Å². The highest BCUT2D eigenvalue weighted by atomic mass is 35.5. The molecular weight excluding hydrogens is 226 g/mol. The zero-order chi connectivity index (χ0) is 11.8. The first-order valence-electron chi connectivity index (χ1n) is 5.34. The van der Waals surface area contributed by atoms with Gasteiger partial charge in [0.15, 0.2) is 0 Å². The molecule has 1 rings (SSSR count). The van der Waals surface area contributed by atoms with Gasteiger partial charge in [-0.2, -0.15) is 0 Å². The Kier molecular flexibility index (Phi) is 6.23. The second-order valence-corrected chi connectivity index (χ2v) is 4.02. The van der Waals surface area contributed by atoms with Gasteiger partial charge in [-0.05, 0) is 31.2 Å². The third-order valence-corrected chi connectivity index (χ3v) is 2.32. The van der Waals surface area contributed by atoms with Crippen LogP contribution in [0.5, 0.6) is 5.75 Å². The van der Waals surface area contributed by atoms with E-state index >= 15 is 0 Å². The van der Waals surface area contributed by atoms with Crippen LogP contribution in [0.2, 0.25) is 5.02 Å². The Bertz CT molecular complexity index is 290. The van der Waals surface area contributed by atoms with Crippen molar-refractivity contribution < 1.29 is 9.47 Å². The Labute approximate surface area is 102 Å². The van der Waals surface area contributed by atoms with E-state index in [-0.39, 0.29) is 6.10 Å².